The number of rotatable bonds is 14. The van der Waals surface area contributed by atoms with Crippen LogP contribution in [0.2, 0.25) is 0 Å². The number of urea groups is 1. The molecule has 1 heterocycles. The molecule has 2 aliphatic carbocycles. The van der Waals surface area contributed by atoms with Crippen LogP contribution in [0, 0.1) is 23.2 Å². The maximum absolute atomic E-state index is 14.5. The average Bonchev–Trinajstić information content (AvgIpc) is 3.68. The first-order chi connectivity index (χ1) is 23.0. The highest BCUT2D eigenvalue weighted by atomic mass is 32.2. The highest BCUT2D eigenvalue weighted by Gasteiger charge is 2.47. The molecular weight excluding hydrogens is 659 g/mol. The van der Waals surface area contributed by atoms with Crippen LogP contribution >= 0.6 is 0 Å². The molecule has 12 nitrogen and oxygen atoms in total. The van der Waals surface area contributed by atoms with E-state index in [4.69, 9.17) is 0 Å². The standard InChI is InChI=1S/C37H65N5O7S/c1-23(2)14-17-27(29(43)32(45)38-26-15-16-26)39-31(44)28-20-25(24(3)4)21-42(28)33(46)30(35(5,6)7)40-34(47)41-37(18-12-11-13-19-37)22-50(48,49)36(8,9)10/h23-28,30H,11-22H2,1-10H3,(H,38,45)(H,39,44)(H2,40,41,47)/t25-,27?,28+,30-/m1/s1. The first kappa shape index (κ1) is 41.7. The van der Waals surface area contributed by atoms with Gasteiger partial charge in [-0.2, -0.15) is 0 Å². The summed E-state index contributed by atoms with van der Waals surface area (Å²) in [5.74, 6) is -2.08. The van der Waals surface area contributed by atoms with Crippen molar-refractivity contribution in [1.82, 2.24) is 26.2 Å². The Balaban J connectivity index is 1.85. The van der Waals surface area contributed by atoms with E-state index < -0.39 is 73.2 Å². The van der Waals surface area contributed by atoms with Gasteiger partial charge in [0.15, 0.2) is 9.84 Å². The van der Waals surface area contributed by atoms with Crippen LogP contribution in [0.15, 0.2) is 0 Å². The number of amides is 5. The lowest BCUT2D eigenvalue weighted by Gasteiger charge is -2.41. The molecule has 1 unspecified atom stereocenters. The normalized spacial score (nSPS) is 22.5. The van der Waals surface area contributed by atoms with E-state index in [0.717, 1.165) is 32.1 Å². The van der Waals surface area contributed by atoms with E-state index in [2.05, 4.69) is 21.3 Å². The number of carbonyl (C=O) groups is 5. The molecule has 286 valence electrons. The predicted octanol–water partition coefficient (Wildman–Crippen LogP) is 4.26. The van der Waals surface area contributed by atoms with Crippen LogP contribution in [0.5, 0.6) is 0 Å². The summed E-state index contributed by atoms with van der Waals surface area (Å²) >= 11 is 0. The highest BCUT2D eigenvalue weighted by Crippen LogP contribution is 2.34. The van der Waals surface area contributed by atoms with E-state index in [1.165, 1.54) is 4.90 Å². The topological polar surface area (TPSA) is 171 Å². The van der Waals surface area contributed by atoms with Crippen molar-refractivity contribution in [3.8, 4) is 0 Å². The molecule has 0 radical (unpaired) electrons. The summed E-state index contributed by atoms with van der Waals surface area (Å²) in [6, 6.07) is -3.57. The van der Waals surface area contributed by atoms with Gasteiger partial charge in [-0.1, -0.05) is 67.7 Å². The van der Waals surface area contributed by atoms with E-state index in [-0.39, 0.29) is 29.5 Å². The molecule has 0 aromatic carbocycles. The number of nitrogens with one attached hydrogen (secondary N) is 4. The molecule has 4 atom stereocenters. The number of ketones is 1. The minimum Gasteiger partial charge on any atom is -0.347 e. The maximum atomic E-state index is 14.5. The number of nitrogens with zero attached hydrogens (tertiary/aromatic N) is 1. The van der Waals surface area contributed by atoms with Gasteiger partial charge in [0.2, 0.25) is 17.6 Å². The first-order valence-corrected chi connectivity index (χ1v) is 20.4. The zero-order valence-corrected chi connectivity index (χ0v) is 33.1. The third-order valence-electron chi connectivity index (χ3n) is 10.6. The van der Waals surface area contributed by atoms with Crippen LogP contribution < -0.4 is 21.3 Å². The molecule has 2 saturated carbocycles. The lowest BCUT2D eigenvalue weighted by Crippen LogP contribution is -2.63. The van der Waals surface area contributed by atoms with Gasteiger partial charge in [0.1, 0.15) is 12.1 Å². The maximum Gasteiger partial charge on any atom is 0.315 e. The Labute approximate surface area is 300 Å². The molecule has 0 spiro atoms. The number of sulfone groups is 1. The van der Waals surface area contributed by atoms with Gasteiger partial charge in [0, 0.05) is 12.6 Å². The summed E-state index contributed by atoms with van der Waals surface area (Å²) < 4.78 is 25.7. The van der Waals surface area contributed by atoms with Crippen LogP contribution in [0.4, 0.5) is 4.79 Å². The van der Waals surface area contributed by atoms with Gasteiger partial charge in [-0.25, -0.2) is 13.2 Å². The monoisotopic (exact) mass is 723 g/mol. The second-order valence-electron chi connectivity index (χ2n) is 18.0. The minimum atomic E-state index is -3.56. The molecule has 13 heteroatoms. The first-order valence-electron chi connectivity index (χ1n) is 18.7. The third kappa shape index (κ3) is 11.1. The Morgan fingerprint density at radius 2 is 1.46 bits per heavy atom. The van der Waals surface area contributed by atoms with E-state index in [9.17, 15) is 32.4 Å². The summed E-state index contributed by atoms with van der Waals surface area (Å²) in [6.07, 6.45) is 6.52. The molecule has 3 rings (SSSR count). The second-order valence-corrected chi connectivity index (χ2v) is 20.7. The summed E-state index contributed by atoms with van der Waals surface area (Å²) in [7, 11) is -3.56. The van der Waals surface area contributed by atoms with E-state index in [0.29, 0.717) is 38.6 Å². The Kier molecular flexibility index (Phi) is 13.6. The Morgan fingerprint density at radius 1 is 0.860 bits per heavy atom. The van der Waals surface area contributed by atoms with Crippen molar-refractivity contribution in [1.29, 1.82) is 0 Å². The van der Waals surface area contributed by atoms with Gasteiger partial charge in [-0.15, -0.1) is 0 Å². The van der Waals surface area contributed by atoms with E-state index >= 15 is 0 Å². The minimum absolute atomic E-state index is 0.000221. The third-order valence-corrected chi connectivity index (χ3v) is 13.4. The summed E-state index contributed by atoms with van der Waals surface area (Å²) in [4.78, 5) is 69.8. The fourth-order valence-corrected chi connectivity index (χ4v) is 8.38. The van der Waals surface area contributed by atoms with Crippen molar-refractivity contribution >= 4 is 39.4 Å². The van der Waals surface area contributed by atoms with Crippen LogP contribution in [0.1, 0.15) is 133 Å². The number of hydrogen-bond donors (Lipinski definition) is 4. The summed E-state index contributed by atoms with van der Waals surface area (Å²) in [5, 5.41) is 11.5. The molecule has 4 N–H and O–H groups in total. The van der Waals surface area contributed by atoms with Gasteiger partial charge >= 0.3 is 6.03 Å². The van der Waals surface area contributed by atoms with Gasteiger partial charge in [0.05, 0.1) is 22.1 Å². The van der Waals surface area contributed by atoms with Crippen molar-refractivity contribution in [2.75, 3.05) is 12.3 Å². The van der Waals surface area contributed by atoms with Crippen molar-refractivity contribution in [2.24, 2.45) is 23.2 Å². The van der Waals surface area contributed by atoms with Gasteiger partial charge in [-0.05, 0) is 88.9 Å². The molecule has 1 aliphatic heterocycles. The smallest absolute Gasteiger partial charge is 0.315 e. The fourth-order valence-electron chi connectivity index (χ4n) is 6.86. The van der Waals surface area contributed by atoms with Crippen LogP contribution in [-0.2, 0) is 29.0 Å². The van der Waals surface area contributed by atoms with Crippen LogP contribution in [0.25, 0.3) is 0 Å². The lowest BCUT2D eigenvalue weighted by molar-refractivity contribution is -0.144. The zero-order valence-electron chi connectivity index (χ0n) is 32.2. The summed E-state index contributed by atoms with van der Waals surface area (Å²) in [5.41, 5.74) is -1.72. The zero-order chi connectivity index (χ0) is 37.8. The number of Topliss-reactive ketones (excluding diaryl/α,β-unsaturated/α-hetero) is 1. The number of likely N-dealkylation sites (tertiary alicyclic amines) is 1. The largest absolute Gasteiger partial charge is 0.347 e. The van der Waals surface area contributed by atoms with Crippen LogP contribution in [-0.4, -0.2) is 89.6 Å². The quantitative estimate of drug-likeness (QED) is 0.194. The molecule has 3 fully saturated rings. The van der Waals surface area contributed by atoms with E-state index in [1.807, 2.05) is 48.5 Å². The molecular formula is C37H65N5O7S. The molecule has 0 aromatic rings. The predicted molar refractivity (Wildman–Crippen MR) is 195 cm³/mol. The molecule has 3 aliphatic rings. The highest BCUT2D eigenvalue weighted by molar-refractivity contribution is 7.92. The Bertz CT molecular complexity index is 1350. The van der Waals surface area contributed by atoms with Crippen LogP contribution in [0.3, 0.4) is 0 Å². The molecule has 1 saturated heterocycles. The number of carbonyl (C=O) groups excluding carboxylic acids is 5. The number of hydrogen-bond acceptors (Lipinski definition) is 7. The molecule has 50 heavy (non-hydrogen) atoms. The van der Waals surface area contributed by atoms with Crippen molar-refractivity contribution in [2.45, 2.75) is 168 Å². The van der Waals surface area contributed by atoms with Gasteiger partial charge in [-0.3, -0.25) is 19.2 Å². The van der Waals surface area contributed by atoms with Gasteiger partial charge in [0.25, 0.3) is 5.91 Å². The molecule has 0 aromatic heterocycles. The Morgan fingerprint density at radius 3 is 1.96 bits per heavy atom. The molecule has 0 bridgehead atoms. The fraction of sp³-hybridized carbons (Fsp3) is 0.865. The van der Waals surface area contributed by atoms with E-state index in [1.54, 1.807) is 20.8 Å². The lowest BCUT2D eigenvalue weighted by atomic mass is 9.83. The van der Waals surface area contributed by atoms with Gasteiger partial charge < -0.3 is 26.2 Å². The Hall–Kier alpha value is -2.70. The van der Waals surface area contributed by atoms with Crippen molar-refractivity contribution < 1.29 is 32.4 Å². The molecule has 5 amide bonds. The SMILES string of the molecule is CC(C)CCC(NC(=O)[C@@H]1C[C@@H](C(C)C)CN1C(=O)[C@@H](NC(=O)NC1(CS(=O)(=O)C(C)(C)C)CCCCC1)C(C)(C)C)C(=O)C(=O)NC1CC1. The average molecular weight is 724 g/mol. The summed E-state index contributed by atoms with van der Waals surface area (Å²) in [6.45, 7) is 18.9. The van der Waals surface area contributed by atoms with Crippen molar-refractivity contribution in [3.63, 3.8) is 0 Å². The second kappa shape index (κ2) is 16.3. The van der Waals surface area contributed by atoms with Crippen molar-refractivity contribution in [3.05, 3.63) is 0 Å².